The maximum atomic E-state index is 6.35. The number of anilines is 5. The molecular weight excluding hydrogens is 667 g/mol. The number of nitrogens with zero attached hydrogens (tertiary/aromatic N) is 1. The van der Waals surface area contributed by atoms with Crippen LogP contribution in [0, 0.1) is 13.8 Å². The first kappa shape index (κ1) is 32.0. The summed E-state index contributed by atoms with van der Waals surface area (Å²) in [5.41, 5.74) is 20.5. The smallest absolute Gasteiger partial charge is 0.198 e. The summed E-state index contributed by atoms with van der Waals surface area (Å²) in [7, 11) is 0.837. The second-order valence-corrected chi connectivity index (χ2v) is 15.9. The van der Waals surface area contributed by atoms with E-state index < -0.39 is 0 Å². The molecule has 3 heterocycles. The maximum absolute atomic E-state index is 6.35. The minimum absolute atomic E-state index is 0.128. The molecule has 2 aliphatic rings. The fourth-order valence-corrected chi connectivity index (χ4v) is 9.69. The van der Waals surface area contributed by atoms with Crippen molar-refractivity contribution in [1.82, 2.24) is 0 Å². The molecule has 11 rings (SSSR count). The minimum atomic E-state index is -0.128. The predicted molar refractivity (Wildman–Crippen MR) is 235 cm³/mol. The number of hydrogen-bond acceptors (Lipinski definition) is 3. The molecule has 1 aromatic heterocycles. The lowest BCUT2D eigenvalue weighted by Crippen LogP contribution is -2.45. The van der Waals surface area contributed by atoms with Crippen LogP contribution in [0.15, 0.2) is 156 Å². The van der Waals surface area contributed by atoms with E-state index in [1.165, 1.54) is 83.3 Å². The second-order valence-electron chi connectivity index (χ2n) is 15.9. The zero-order valence-electron chi connectivity index (χ0n) is 31.5. The summed E-state index contributed by atoms with van der Waals surface area (Å²) in [5, 5.41) is 8.60. The van der Waals surface area contributed by atoms with Crippen molar-refractivity contribution in [3.63, 3.8) is 0 Å². The predicted octanol–water partition coefficient (Wildman–Crippen LogP) is 12.2. The van der Waals surface area contributed by atoms with Gasteiger partial charge < -0.3 is 14.6 Å². The molecule has 0 fully saturated rings. The summed E-state index contributed by atoms with van der Waals surface area (Å²) in [5.74, 6) is 0. The molecule has 8 aromatic carbocycles. The Hall–Kier alpha value is -6.52. The lowest BCUT2D eigenvalue weighted by molar-refractivity contribution is 0.632. The van der Waals surface area contributed by atoms with E-state index in [1.807, 2.05) is 6.07 Å². The molecule has 0 bridgehead atoms. The van der Waals surface area contributed by atoms with Gasteiger partial charge >= 0.3 is 0 Å². The van der Waals surface area contributed by atoms with Crippen LogP contribution in [0.3, 0.4) is 0 Å². The van der Waals surface area contributed by atoms with Gasteiger partial charge in [-0.15, -0.1) is 0 Å². The van der Waals surface area contributed by atoms with Crippen molar-refractivity contribution in [3.05, 3.63) is 174 Å². The molecule has 0 amide bonds. The van der Waals surface area contributed by atoms with Crippen LogP contribution in [0.25, 0.3) is 55.0 Å². The van der Waals surface area contributed by atoms with Gasteiger partial charge in [-0.25, -0.2) is 0 Å². The Kier molecular flexibility index (Phi) is 6.82. The van der Waals surface area contributed by atoms with Gasteiger partial charge in [-0.3, -0.25) is 0 Å². The summed E-state index contributed by atoms with van der Waals surface area (Å²) in [4.78, 5) is 2.58. The van der Waals surface area contributed by atoms with Crippen molar-refractivity contribution in [1.29, 1.82) is 0 Å². The molecule has 0 spiro atoms. The fraction of sp³-hybridized carbons (Fsp3) is 0.0980. The van der Waals surface area contributed by atoms with Crippen LogP contribution in [0.2, 0.25) is 0 Å². The first-order chi connectivity index (χ1) is 26.8. The average molecular weight is 707 g/mol. The second kappa shape index (κ2) is 11.7. The van der Waals surface area contributed by atoms with Crippen LogP contribution in [0.1, 0.15) is 36.1 Å². The number of furan rings is 1. The SMILES string of the molecule is Cc1cccc(C)c1-c1cc(-c2cc3ccccc3cc2Nc2cccc3oc4ccccc4c23)c2c(c1)N1c3ccccc3C(C)(C)c3cccc(c31)B2. The molecule has 0 atom stereocenters. The van der Waals surface area contributed by atoms with Crippen molar-refractivity contribution in [2.45, 2.75) is 33.1 Å². The van der Waals surface area contributed by atoms with E-state index in [9.17, 15) is 0 Å². The molecule has 3 nitrogen and oxygen atoms in total. The van der Waals surface area contributed by atoms with Gasteiger partial charge in [0.15, 0.2) is 7.28 Å². The average Bonchev–Trinajstić information content (AvgIpc) is 3.59. The lowest BCUT2D eigenvalue weighted by atomic mass is 9.55. The summed E-state index contributed by atoms with van der Waals surface area (Å²) in [6, 6.07) is 55.7. The van der Waals surface area contributed by atoms with Gasteiger partial charge in [0.05, 0.1) is 16.8 Å². The number of aryl methyl sites for hydroxylation is 2. The van der Waals surface area contributed by atoms with E-state index in [-0.39, 0.29) is 5.41 Å². The van der Waals surface area contributed by atoms with Crippen molar-refractivity contribution in [3.8, 4) is 22.3 Å². The maximum Gasteiger partial charge on any atom is 0.198 e. The van der Waals surface area contributed by atoms with Gasteiger partial charge in [0.2, 0.25) is 0 Å². The summed E-state index contributed by atoms with van der Waals surface area (Å²) in [6.45, 7) is 9.24. The number of nitrogens with one attached hydrogen (secondary N) is 1. The molecule has 0 aliphatic carbocycles. The highest BCUT2D eigenvalue weighted by Gasteiger charge is 2.41. The fourth-order valence-electron chi connectivity index (χ4n) is 9.69. The molecule has 55 heavy (non-hydrogen) atoms. The number of fused-ring (bicyclic) bond motifs is 8. The highest BCUT2D eigenvalue weighted by molar-refractivity contribution is 6.73. The molecule has 1 N–H and O–H groups in total. The van der Waals surface area contributed by atoms with Gasteiger partial charge in [-0.2, -0.15) is 0 Å². The Morgan fingerprint density at radius 2 is 1.27 bits per heavy atom. The Morgan fingerprint density at radius 3 is 2.13 bits per heavy atom. The van der Waals surface area contributed by atoms with Crippen LogP contribution >= 0.6 is 0 Å². The van der Waals surface area contributed by atoms with Crippen molar-refractivity contribution in [2.24, 2.45) is 0 Å². The molecule has 0 unspecified atom stereocenters. The first-order valence-corrected chi connectivity index (χ1v) is 19.3. The monoisotopic (exact) mass is 706 g/mol. The van der Waals surface area contributed by atoms with Gasteiger partial charge in [0, 0.05) is 33.4 Å². The highest BCUT2D eigenvalue weighted by atomic mass is 16.3. The summed E-state index contributed by atoms with van der Waals surface area (Å²) >= 11 is 0. The topological polar surface area (TPSA) is 28.4 Å². The molecule has 0 radical (unpaired) electrons. The Bertz CT molecular complexity index is 3040. The van der Waals surface area contributed by atoms with E-state index in [2.05, 4.69) is 184 Å². The summed E-state index contributed by atoms with van der Waals surface area (Å²) < 4.78 is 6.35. The highest BCUT2D eigenvalue weighted by Crippen LogP contribution is 2.53. The molecule has 262 valence electrons. The number of hydrogen-bond donors (Lipinski definition) is 1. The molecule has 9 aromatic rings. The lowest BCUT2D eigenvalue weighted by Gasteiger charge is -2.46. The minimum Gasteiger partial charge on any atom is -0.456 e. The molecule has 0 saturated heterocycles. The Balaban J connectivity index is 1.22. The third-order valence-electron chi connectivity index (χ3n) is 12.3. The van der Waals surface area contributed by atoms with Crippen LogP contribution < -0.4 is 21.1 Å². The van der Waals surface area contributed by atoms with Gasteiger partial charge in [-0.05, 0) is 118 Å². The standard InChI is InChI=1S/C51H39BN2O/c1-30-14-11-15-31(2)47(30)34-27-37(49-44(29-34)54-43-23-9-8-19-38(43)51(3,4)39-20-12-21-40(52-49)50(39)54)36-26-32-16-5-6-17-33(32)28-42(36)53-41-22-13-25-46-48(41)35-18-7-10-24-45(35)55-46/h5-29,52-53H,1-4H3. The van der Waals surface area contributed by atoms with Crippen LogP contribution in [0.5, 0.6) is 0 Å². The normalized spacial score (nSPS) is 13.7. The summed E-state index contributed by atoms with van der Waals surface area (Å²) in [6.07, 6.45) is 0. The van der Waals surface area contributed by atoms with Crippen LogP contribution in [-0.2, 0) is 5.41 Å². The number of para-hydroxylation sites is 3. The zero-order valence-corrected chi connectivity index (χ0v) is 31.5. The molecule has 4 heteroatoms. The first-order valence-electron chi connectivity index (χ1n) is 19.3. The van der Waals surface area contributed by atoms with Gasteiger partial charge in [0.1, 0.15) is 11.2 Å². The van der Waals surface area contributed by atoms with Crippen LogP contribution in [0.4, 0.5) is 28.4 Å². The van der Waals surface area contributed by atoms with Crippen molar-refractivity contribution < 1.29 is 4.42 Å². The zero-order chi connectivity index (χ0) is 37.0. The van der Waals surface area contributed by atoms with Gasteiger partial charge in [-0.1, -0.05) is 122 Å². The van der Waals surface area contributed by atoms with Crippen LogP contribution in [-0.4, -0.2) is 7.28 Å². The largest absolute Gasteiger partial charge is 0.456 e. The van der Waals surface area contributed by atoms with Gasteiger partial charge in [0.25, 0.3) is 0 Å². The van der Waals surface area contributed by atoms with E-state index >= 15 is 0 Å². The van der Waals surface area contributed by atoms with E-state index in [1.54, 1.807) is 0 Å². The molecule has 2 aliphatic heterocycles. The number of rotatable bonds is 4. The van der Waals surface area contributed by atoms with E-state index in [0.29, 0.717) is 0 Å². The van der Waals surface area contributed by atoms with Crippen molar-refractivity contribution in [2.75, 3.05) is 10.2 Å². The molecule has 0 saturated carbocycles. The Morgan fingerprint density at radius 1 is 0.582 bits per heavy atom. The third-order valence-corrected chi connectivity index (χ3v) is 12.3. The van der Waals surface area contributed by atoms with E-state index in [4.69, 9.17) is 4.42 Å². The van der Waals surface area contributed by atoms with E-state index in [0.717, 1.165) is 40.6 Å². The quantitative estimate of drug-likeness (QED) is 0.185. The molecular formula is C51H39BN2O. The van der Waals surface area contributed by atoms with Crippen molar-refractivity contribution >= 4 is 79.4 Å². The number of benzene rings is 8. The third kappa shape index (κ3) is 4.71. The Labute approximate surface area is 322 Å².